The van der Waals surface area contributed by atoms with Gasteiger partial charge in [-0.2, -0.15) is 0 Å². The molecule has 276 valence electrons. The van der Waals surface area contributed by atoms with Crippen LogP contribution in [0.2, 0.25) is 0 Å². The maximum atomic E-state index is 6.30. The van der Waals surface area contributed by atoms with Crippen LogP contribution in [0.1, 0.15) is 22.3 Å². The predicted molar refractivity (Wildman–Crippen MR) is 251 cm³/mol. The molecule has 2 aliphatic carbocycles. The van der Waals surface area contributed by atoms with Crippen LogP contribution in [0.3, 0.4) is 0 Å². The first-order chi connectivity index (χ1) is 29.8. The van der Waals surface area contributed by atoms with Gasteiger partial charge in [-0.05, 0) is 146 Å². The zero-order chi connectivity index (χ0) is 39.1. The molecular weight excluding hydrogens is 725 g/mol. The normalized spacial score (nSPS) is 13.5. The Labute approximate surface area is 346 Å². The molecule has 1 spiro atoms. The lowest BCUT2D eigenvalue weighted by Gasteiger charge is -2.31. The van der Waals surface area contributed by atoms with Gasteiger partial charge in [-0.1, -0.05) is 170 Å². The summed E-state index contributed by atoms with van der Waals surface area (Å²) >= 11 is 0. The Bertz CT molecular complexity index is 3740. The van der Waals surface area contributed by atoms with Crippen LogP contribution in [0.25, 0.3) is 110 Å². The fraction of sp³-hybridized carbons (Fsp3) is 0.0169. The fourth-order valence-corrected chi connectivity index (χ4v) is 11.5. The highest BCUT2D eigenvalue weighted by atomic mass is 16.3. The quantitative estimate of drug-likeness (QED) is 0.160. The summed E-state index contributed by atoms with van der Waals surface area (Å²) in [7, 11) is 0. The van der Waals surface area contributed by atoms with Crippen LogP contribution in [0, 0.1) is 0 Å². The minimum absolute atomic E-state index is 0.491. The SMILES string of the molecule is c1ccc2c(c1)-c1ccccc1C21c2cc3ccccc3cc2-c2c1cc(-c1c3ccccc3c(-c3ccc4oc5ccccc5c4c3)c3ccccc13)c1ccccc21. The lowest BCUT2D eigenvalue weighted by atomic mass is 9.69. The van der Waals surface area contributed by atoms with Crippen LogP contribution in [-0.4, -0.2) is 0 Å². The summed E-state index contributed by atoms with van der Waals surface area (Å²) in [5, 5.41) is 12.3. The molecule has 0 unspecified atom stereocenters. The molecule has 2 aliphatic rings. The van der Waals surface area contributed by atoms with Gasteiger partial charge in [-0.15, -0.1) is 0 Å². The second-order valence-corrected chi connectivity index (χ2v) is 16.6. The van der Waals surface area contributed by atoms with E-state index in [0.29, 0.717) is 0 Å². The molecule has 1 aromatic heterocycles. The van der Waals surface area contributed by atoms with Crippen LogP contribution in [0.4, 0.5) is 0 Å². The maximum absolute atomic E-state index is 6.30. The minimum Gasteiger partial charge on any atom is -0.456 e. The Morgan fingerprint density at radius 1 is 0.267 bits per heavy atom. The Morgan fingerprint density at radius 3 is 1.43 bits per heavy atom. The van der Waals surface area contributed by atoms with E-state index in [1.165, 1.54) is 110 Å². The van der Waals surface area contributed by atoms with Gasteiger partial charge in [0.15, 0.2) is 0 Å². The monoisotopic (exact) mass is 758 g/mol. The summed E-state index contributed by atoms with van der Waals surface area (Å²) < 4.78 is 6.30. The topological polar surface area (TPSA) is 13.1 Å². The van der Waals surface area contributed by atoms with E-state index in [2.05, 4.69) is 200 Å². The predicted octanol–water partition coefficient (Wildman–Crippen LogP) is 15.9. The van der Waals surface area contributed by atoms with Gasteiger partial charge in [0, 0.05) is 10.8 Å². The molecule has 0 amide bonds. The number of rotatable bonds is 2. The molecule has 11 aromatic carbocycles. The van der Waals surface area contributed by atoms with Crippen LogP contribution >= 0.6 is 0 Å². The molecular formula is C59H34O. The average molecular weight is 759 g/mol. The van der Waals surface area contributed by atoms with Crippen molar-refractivity contribution in [1.29, 1.82) is 0 Å². The summed E-state index contributed by atoms with van der Waals surface area (Å²) in [5.74, 6) is 0. The van der Waals surface area contributed by atoms with Crippen molar-refractivity contribution < 1.29 is 4.42 Å². The zero-order valence-corrected chi connectivity index (χ0v) is 32.5. The Balaban J connectivity index is 1.14. The van der Waals surface area contributed by atoms with Crippen LogP contribution in [0.15, 0.2) is 211 Å². The minimum atomic E-state index is -0.491. The molecule has 0 fully saturated rings. The van der Waals surface area contributed by atoms with Crippen molar-refractivity contribution in [3.05, 3.63) is 229 Å². The van der Waals surface area contributed by atoms with E-state index in [-0.39, 0.29) is 0 Å². The highest BCUT2D eigenvalue weighted by Crippen LogP contribution is 2.65. The Hall–Kier alpha value is -7.74. The second-order valence-electron chi connectivity index (χ2n) is 16.6. The molecule has 0 atom stereocenters. The number of fused-ring (bicyclic) bond motifs is 18. The van der Waals surface area contributed by atoms with Crippen molar-refractivity contribution in [3.8, 4) is 44.5 Å². The Morgan fingerprint density at radius 2 is 0.767 bits per heavy atom. The summed E-state index contributed by atoms with van der Waals surface area (Å²) in [5.41, 5.74) is 17.0. The third kappa shape index (κ3) is 4.02. The van der Waals surface area contributed by atoms with Crippen molar-refractivity contribution >= 4 is 65.0 Å². The molecule has 0 N–H and O–H groups in total. The van der Waals surface area contributed by atoms with Crippen LogP contribution < -0.4 is 0 Å². The van der Waals surface area contributed by atoms with E-state index in [4.69, 9.17) is 4.42 Å². The molecule has 1 nitrogen and oxygen atoms in total. The van der Waals surface area contributed by atoms with Gasteiger partial charge in [0.2, 0.25) is 0 Å². The largest absolute Gasteiger partial charge is 0.456 e. The molecule has 12 aromatic rings. The standard InChI is InChI=1S/C59H34O/c1-2-16-36-33-52-49(31-35(36)15-1)58-42-21-4-3-17-38(42)48(34-53(58)59(52)50-26-12-9-18-39(50)40-19-10-13-27-51(40)59)57-45-24-7-5-22-43(45)56(44-23-6-8-25-46(44)57)37-29-30-55-47(32-37)41-20-11-14-28-54(41)60-55/h1-34H. The average Bonchev–Trinajstić information content (AvgIpc) is 3.93. The van der Waals surface area contributed by atoms with E-state index in [0.717, 1.165) is 21.9 Å². The van der Waals surface area contributed by atoms with Gasteiger partial charge in [0.05, 0.1) is 5.41 Å². The maximum Gasteiger partial charge on any atom is 0.135 e. The first-order valence-corrected chi connectivity index (χ1v) is 20.9. The van der Waals surface area contributed by atoms with E-state index >= 15 is 0 Å². The number of hydrogen-bond acceptors (Lipinski definition) is 1. The third-order valence-electron chi connectivity index (χ3n) is 13.8. The number of para-hydroxylation sites is 1. The molecule has 14 rings (SSSR count). The molecule has 0 aliphatic heterocycles. The van der Waals surface area contributed by atoms with Crippen LogP contribution in [0.5, 0.6) is 0 Å². The highest BCUT2D eigenvalue weighted by molar-refractivity contribution is 6.25. The Kier molecular flexibility index (Phi) is 6.28. The summed E-state index contributed by atoms with van der Waals surface area (Å²) in [6.45, 7) is 0. The molecule has 60 heavy (non-hydrogen) atoms. The van der Waals surface area contributed by atoms with Gasteiger partial charge in [0.1, 0.15) is 11.2 Å². The van der Waals surface area contributed by atoms with Crippen molar-refractivity contribution in [2.24, 2.45) is 0 Å². The first-order valence-electron chi connectivity index (χ1n) is 20.9. The fourth-order valence-electron chi connectivity index (χ4n) is 11.5. The first kappa shape index (κ1) is 32.2. The van der Waals surface area contributed by atoms with Gasteiger partial charge in [-0.25, -0.2) is 0 Å². The second kappa shape index (κ2) is 11.7. The van der Waals surface area contributed by atoms with Gasteiger partial charge < -0.3 is 4.42 Å². The lowest BCUT2D eigenvalue weighted by Crippen LogP contribution is -2.26. The molecule has 0 saturated heterocycles. The van der Waals surface area contributed by atoms with E-state index in [1.54, 1.807) is 0 Å². The molecule has 1 heterocycles. The van der Waals surface area contributed by atoms with Crippen molar-refractivity contribution in [3.63, 3.8) is 0 Å². The summed E-state index contributed by atoms with van der Waals surface area (Å²) in [4.78, 5) is 0. The lowest BCUT2D eigenvalue weighted by molar-refractivity contribution is 0.669. The number of hydrogen-bond donors (Lipinski definition) is 0. The van der Waals surface area contributed by atoms with Crippen molar-refractivity contribution in [2.45, 2.75) is 5.41 Å². The van der Waals surface area contributed by atoms with Gasteiger partial charge in [0.25, 0.3) is 0 Å². The van der Waals surface area contributed by atoms with Gasteiger partial charge in [-0.3, -0.25) is 0 Å². The highest BCUT2D eigenvalue weighted by Gasteiger charge is 2.52. The van der Waals surface area contributed by atoms with Crippen molar-refractivity contribution in [1.82, 2.24) is 0 Å². The molecule has 0 radical (unpaired) electrons. The van der Waals surface area contributed by atoms with E-state index in [1.807, 2.05) is 6.07 Å². The third-order valence-corrected chi connectivity index (χ3v) is 13.8. The van der Waals surface area contributed by atoms with E-state index < -0.39 is 5.41 Å². The zero-order valence-electron chi connectivity index (χ0n) is 32.5. The van der Waals surface area contributed by atoms with Gasteiger partial charge >= 0.3 is 0 Å². The molecule has 1 heteroatoms. The van der Waals surface area contributed by atoms with Crippen molar-refractivity contribution in [2.75, 3.05) is 0 Å². The summed E-state index contributed by atoms with van der Waals surface area (Å²) in [6.07, 6.45) is 0. The number of furan rings is 1. The summed E-state index contributed by atoms with van der Waals surface area (Å²) in [6, 6.07) is 77.1. The smallest absolute Gasteiger partial charge is 0.135 e. The number of benzene rings is 11. The van der Waals surface area contributed by atoms with Crippen LogP contribution in [-0.2, 0) is 5.41 Å². The molecule has 0 bridgehead atoms. The van der Waals surface area contributed by atoms with E-state index in [9.17, 15) is 0 Å². The molecule has 0 saturated carbocycles.